The SMILES string of the molecule is CC1(C)CCN(C(=O)C(C)(C)C(=O)O)CCS1. The number of amides is 1. The number of aliphatic carboxylic acids is 1. The predicted molar refractivity (Wildman–Crippen MR) is 69.2 cm³/mol. The minimum Gasteiger partial charge on any atom is -0.480 e. The summed E-state index contributed by atoms with van der Waals surface area (Å²) in [5, 5.41) is 9.06. The molecule has 5 heteroatoms. The molecular weight excluding hydrogens is 238 g/mol. The smallest absolute Gasteiger partial charge is 0.318 e. The van der Waals surface area contributed by atoms with Crippen LogP contribution < -0.4 is 0 Å². The third-order valence-electron chi connectivity index (χ3n) is 3.19. The van der Waals surface area contributed by atoms with E-state index >= 15 is 0 Å². The van der Waals surface area contributed by atoms with Crippen molar-refractivity contribution in [2.75, 3.05) is 18.8 Å². The maximum Gasteiger partial charge on any atom is 0.318 e. The molecule has 0 unspecified atom stereocenters. The number of hydrogen-bond donors (Lipinski definition) is 1. The lowest BCUT2D eigenvalue weighted by atomic mass is 9.91. The van der Waals surface area contributed by atoms with Crippen LogP contribution in [0.2, 0.25) is 0 Å². The molecule has 1 aliphatic heterocycles. The van der Waals surface area contributed by atoms with E-state index in [1.807, 2.05) is 11.8 Å². The molecule has 0 radical (unpaired) electrons. The number of hydrogen-bond acceptors (Lipinski definition) is 3. The normalized spacial score (nSPS) is 20.8. The third kappa shape index (κ3) is 3.37. The number of carboxylic acids is 1. The van der Waals surface area contributed by atoms with Gasteiger partial charge in [-0.3, -0.25) is 9.59 Å². The van der Waals surface area contributed by atoms with Gasteiger partial charge in [0.25, 0.3) is 0 Å². The van der Waals surface area contributed by atoms with Gasteiger partial charge in [-0.2, -0.15) is 11.8 Å². The van der Waals surface area contributed by atoms with Crippen molar-refractivity contribution >= 4 is 23.6 Å². The number of carboxylic acid groups (broad SMARTS) is 1. The Balaban J connectivity index is 2.74. The van der Waals surface area contributed by atoms with Crippen LogP contribution in [0.4, 0.5) is 0 Å². The topological polar surface area (TPSA) is 57.6 Å². The molecule has 1 heterocycles. The summed E-state index contributed by atoms with van der Waals surface area (Å²) in [7, 11) is 0. The second-order valence-corrected chi connectivity index (χ2v) is 7.38. The molecule has 1 aliphatic rings. The lowest BCUT2D eigenvalue weighted by Crippen LogP contribution is -2.46. The lowest BCUT2D eigenvalue weighted by Gasteiger charge is -2.28. The van der Waals surface area contributed by atoms with E-state index in [0.717, 1.165) is 12.2 Å². The third-order valence-corrected chi connectivity index (χ3v) is 4.57. The Kier molecular flexibility index (Phi) is 4.12. The fraction of sp³-hybridized carbons (Fsp3) is 0.833. The van der Waals surface area contributed by atoms with E-state index < -0.39 is 11.4 Å². The van der Waals surface area contributed by atoms with Crippen LogP contribution in [0, 0.1) is 5.41 Å². The van der Waals surface area contributed by atoms with Gasteiger partial charge in [-0.15, -0.1) is 0 Å². The molecule has 1 saturated heterocycles. The molecule has 17 heavy (non-hydrogen) atoms. The fourth-order valence-electron chi connectivity index (χ4n) is 1.71. The lowest BCUT2D eigenvalue weighted by molar-refractivity contribution is -0.158. The Bertz CT molecular complexity index is 326. The quantitative estimate of drug-likeness (QED) is 0.769. The van der Waals surface area contributed by atoms with Gasteiger partial charge >= 0.3 is 5.97 Å². The second kappa shape index (κ2) is 4.88. The standard InChI is InChI=1S/C12H21NO3S/c1-11(2)5-6-13(7-8-17-11)9(14)12(3,4)10(15)16/h5-8H2,1-4H3,(H,15,16). The summed E-state index contributed by atoms with van der Waals surface area (Å²) in [6.45, 7) is 8.56. The first kappa shape index (κ1) is 14.4. The monoisotopic (exact) mass is 259 g/mol. The largest absolute Gasteiger partial charge is 0.480 e. The van der Waals surface area contributed by atoms with Gasteiger partial charge in [0.1, 0.15) is 5.41 Å². The van der Waals surface area contributed by atoms with Gasteiger partial charge in [0.15, 0.2) is 0 Å². The molecule has 0 aromatic heterocycles. The highest BCUT2D eigenvalue weighted by Crippen LogP contribution is 2.32. The van der Waals surface area contributed by atoms with Crippen LogP contribution in [-0.4, -0.2) is 45.5 Å². The highest BCUT2D eigenvalue weighted by atomic mass is 32.2. The average molecular weight is 259 g/mol. The number of rotatable bonds is 2. The summed E-state index contributed by atoms with van der Waals surface area (Å²) in [5.41, 5.74) is -1.32. The highest BCUT2D eigenvalue weighted by molar-refractivity contribution is 8.00. The summed E-state index contributed by atoms with van der Waals surface area (Å²) in [4.78, 5) is 24.9. The Morgan fingerprint density at radius 1 is 1.29 bits per heavy atom. The van der Waals surface area contributed by atoms with Crippen LogP contribution in [0.1, 0.15) is 34.1 Å². The molecule has 1 rings (SSSR count). The first-order chi connectivity index (χ1) is 7.67. The zero-order chi connectivity index (χ0) is 13.3. The van der Waals surface area contributed by atoms with Gasteiger partial charge in [0, 0.05) is 23.6 Å². The van der Waals surface area contributed by atoms with Crippen LogP contribution in [-0.2, 0) is 9.59 Å². The molecule has 0 aromatic rings. The van der Waals surface area contributed by atoms with Gasteiger partial charge in [0.05, 0.1) is 0 Å². The maximum atomic E-state index is 12.2. The molecule has 0 saturated carbocycles. The average Bonchev–Trinajstić information content (AvgIpc) is 2.38. The number of carbonyl (C=O) groups is 2. The molecule has 1 N–H and O–H groups in total. The van der Waals surface area contributed by atoms with Gasteiger partial charge in [0.2, 0.25) is 5.91 Å². The molecule has 0 atom stereocenters. The number of thioether (sulfide) groups is 1. The van der Waals surface area contributed by atoms with Crippen LogP contribution in [0.15, 0.2) is 0 Å². The molecule has 4 nitrogen and oxygen atoms in total. The minimum atomic E-state index is -1.32. The van der Waals surface area contributed by atoms with Gasteiger partial charge in [-0.05, 0) is 20.3 Å². The van der Waals surface area contributed by atoms with Crippen molar-refractivity contribution in [3.8, 4) is 0 Å². The summed E-state index contributed by atoms with van der Waals surface area (Å²) in [6.07, 6.45) is 0.902. The van der Waals surface area contributed by atoms with Crippen molar-refractivity contribution in [3.63, 3.8) is 0 Å². The molecule has 1 fully saturated rings. The van der Waals surface area contributed by atoms with E-state index in [9.17, 15) is 9.59 Å². The van der Waals surface area contributed by atoms with Crippen molar-refractivity contribution < 1.29 is 14.7 Å². The van der Waals surface area contributed by atoms with Gasteiger partial charge < -0.3 is 10.0 Å². The van der Waals surface area contributed by atoms with Crippen LogP contribution >= 0.6 is 11.8 Å². The Hall–Kier alpha value is -0.710. The predicted octanol–water partition coefficient (Wildman–Crippen LogP) is 1.84. The first-order valence-electron chi connectivity index (χ1n) is 5.83. The van der Waals surface area contributed by atoms with Gasteiger partial charge in [-0.1, -0.05) is 13.8 Å². The van der Waals surface area contributed by atoms with Crippen molar-refractivity contribution in [2.45, 2.75) is 38.9 Å². The second-order valence-electron chi connectivity index (χ2n) is 5.58. The summed E-state index contributed by atoms with van der Waals surface area (Å²) in [6, 6.07) is 0. The molecule has 98 valence electrons. The Morgan fingerprint density at radius 3 is 2.41 bits per heavy atom. The van der Waals surface area contributed by atoms with E-state index in [-0.39, 0.29) is 10.7 Å². The van der Waals surface area contributed by atoms with E-state index in [4.69, 9.17) is 5.11 Å². The minimum absolute atomic E-state index is 0.169. The summed E-state index contributed by atoms with van der Waals surface area (Å²) in [5.74, 6) is -0.462. The summed E-state index contributed by atoms with van der Waals surface area (Å²) >= 11 is 1.84. The zero-order valence-electron chi connectivity index (χ0n) is 10.9. The highest BCUT2D eigenvalue weighted by Gasteiger charge is 2.40. The van der Waals surface area contributed by atoms with Crippen LogP contribution in [0.25, 0.3) is 0 Å². The molecule has 0 aliphatic carbocycles. The number of carbonyl (C=O) groups excluding carboxylic acids is 1. The van der Waals surface area contributed by atoms with Crippen molar-refractivity contribution in [1.82, 2.24) is 4.90 Å². The summed E-state index contributed by atoms with van der Waals surface area (Å²) < 4.78 is 0.169. The Morgan fingerprint density at radius 2 is 1.88 bits per heavy atom. The number of nitrogens with zero attached hydrogens (tertiary/aromatic N) is 1. The first-order valence-corrected chi connectivity index (χ1v) is 6.82. The molecule has 0 bridgehead atoms. The molecule has 1 amide bonds. The molecule has 0 spiro atoms. The van der Waals surface area contributed by atoms with Crippen LogP contribution in [0.5, 0.6) is 0 Å². The molecule has 0 aromatic carbocycles. The van der Waals surface area contributed by atoms with E-state index in [1.165, 1.54) is 13.8 Å². The van der Waals surface area contributed by atoms with Crippen molar-refractivity contribution in [1.29, 1.82) is 0 Å². The molecular formula is C12H21NO3S. The van der Waals surface area contributed by atoms with E-state index in [0.29, 0.717) is 13.1 Å². The van der Waals surface area contributed by atoms with Crippen molar-refractivity contribution in [2.24, 2.45) is 5.41 Å². The van der Waals surface area contributed by atoms with Gasteiger partial charge in [-0.25, -0.2) is 0 Å². The Labute approximate surface area is 107 Å². The zero-order valence-corrected chi connectivity index (χ0v) is 11.8. The van der Waals surface area contributed by atoms with E-state index in [1.54, 1.807) is 4.90 Å². The maximum absolute atomic E-state index is 12.2. The van der Waals surface area contributed by atoms with E-state index in [2.05, 4.69) is 13.8 Å². The van der Waals surface area contributed by atoms with Crippen LogP contribution in [0.3, 0.4) is 0 Å². The van der Waals surface area contributed by atoms with Crippen molar-refractivity contribution in [3.05, 3.63) is 0 Å². The fourth-order valence-corrected chi connectivity index (χ4v) is 2.81.